The van der Waals surface area contributed by atoms with Crippen molar-refractivity contribution < 1.29 is 19.5 Å². The number of aliphatic hydroxyl groups excluding tert-OH is 1. The molecule has 1 aliphatic rings. The molecule has 0 bridgehead atoms. The Balaban J connectivity index is 1.61. The maximum Gasteiger partial charge on any atom is 0.254 e. The first-order valence-electron chi connectivity index (χ1n) is 12.7. The highest BCUT2D eigenvalue weighted by atomic mass is 32.2. The molecule has 4 N–H and O–H groups in total. The van der Waals surface area contributed by atoms with Gasteiger partial charge in [-0.3, -0.25) is 14.4 Å². The van der Waals surface area contributed by atoms with Crippen LogP contribution in [0.1, 0.15) is 50.5 Å². The molecule has 9 heteroatoms. The highest BCUT2D eigenvalue weighted by Crippen LogP contribution is 2.40. The number of carbonyl (C=O) groups is 3. The molecule has 4 rings (SSSR count). The van der Waals surface area contributed by atoms with E-state index in [1.807, 2.05) is 77.1 Å². The van der Waals surface area contributed by atoms with Gasteiger partial charge in [0.1, 0.15) is 6.04 Å². The Morgan fingerprint density at radius 3 is 2.50 bits per heavy atom. The zero-order chi connectivity index (χ0) is 27.7. The van der Waals surface area contributed by atoms with Crippen molar-refractivity contribution in [3.8, 4) is 0 Å². The van der Waals surface area contributed by atoms with Crippen LogP contribution in [0.25, 0.3) is 10.9 Å². The number of aromatic amines is 1. The monoisotopic (exact) mass is 536 g/mol. The van der Waals surface area contributed by atoms with Gasteiger partial charge in [0.2, 0.25) is 5.91 Å². The number of nitrogens with one attached hydrogen (secondary N) is 3. The number of rotatable bonds is 7. The SMILES string of the molecule is CC(C)(C)NC(=O)[C@H]1N(C(=O)[C@@H](O)[C@H](Cc2ccccc2)NC(=O)c2cccc3[nH]ccc23)CSC1(C)C. The molecule has 0 saturated carbocycles. The molecule has 2 heterocycles. The van der Waals surface area contributed by atoms with Gasteiger partial charge in [-0.05, 0) is 64.8 Å². The van der Waals surface area contributed by atoms with Crippen molar-refractivity contribution in [3.05, 3.63) is 71.9 Å². The molecule has 0 radical (unpaired) electrons. The van der Waals surface area contributed by atoms with E-state index in [4.69, 9.17) is 0 Å². The lowest BCUT2D eigenvalue weighted by atomic mass is 9.96. The summed E-state index contributed by atoms with van der Waals surface area (Å²) in [6, 6.07) is 14.9. The second-order valence-corrected chi connectivity index (χ2v) is 12.9. The summed E-state index contributed by atoms with van der Waals surface area (Å²) in [5, 5.41) is 18.1. The third-order valence-electron chi connectivity index (χ3n) is 6.66. The summed E-state index contributed by atoms with van der Waals surface area (Å²) in [5.41, 5.74) is 1.65. The topological polar surface area (TPSA) is 115 Å². The lowest BCUT2D eigenvalue weighted by Gasteiger charge is -2.35. The van der Waals surface area contributed by atoms with Crippen molar-refractivity contribution in [1.82, 2.24) is 20.5 Å². The Hall–Kier alpha value is -3.30. The third kappa shape index (κ3) is 6.05. The molecule has 0 spiro atoms. The summed E-state index contributed by atoms with van der Waals surface area (Å²) >= 11 is 1.49. The fourth-order valence-corrected chi connectivity index (χ4v) is 5.97. The van der Waals surface area contributed by atoms with Crippen LogP contribution in [0.3, 0.4) is 0 Å². The van der Waals surface area contributed by atoms with Gasteiger partial charge >= 0.3 is 0 Å². The fraction of sp³-hybridized carbons (Fsp3) is 0.414. The number of H-pyrrole nitrogens is 1. The predicted octanol–water partition coefficient (Wildman–Crippen LogP) is 3.46. The standard InChI is InChI=1S/C29H36N4O4S/c1-28(2,3)32-26(36)24-29(4,5)38-17-33(24)27(37)23(34)22(16-18-10-7-6-8-11-18)31-25(35)20-12-9-13-21-19(20)14-15-30-21/h6-15,22-24,30,34H,16-17H2,1-5H3,(H,31,35)(H,32,36)/t22-,23-,24+/m0/s1. The lowest BCUT2D eigenvalue weighted by Crippen LogP contribution is -2.60. The molecule has 3 atom stereocenters. The van der Waals surface area contributed by atoms with Gasteiger partial charge in [-0.15, -0.1) is 11.8 Å². The Kier molecular flexibility index (Phi) is 7.90. The maximum atomic E-state index is 13.8. The van der Waals surface area contributed by atoms with Gasteiger partial charge in [-0.2, -0.15) is 0 Å². The quantitative estimate of drug-likeness (QED) is 0.369. The molecule has 38 heavy (non-hydrogen) atoms. The Labute approximate surface area is 227 Å². The Morgan fingerprint density at radius 1 is 1.11 bits per heavy atom. The number of amides is 3. The van der Waals surface area contributed by atoms with Gasteiger partial charge in [0.15, 0.2) is 6.10 Å². The molecule has 2 aromatic carbocycles. The first kappa shape index (κ1) is 27.7. The van der Waals surface area contributed by atoms with E-state index in [0.29, 0.717) is 5.56 Å². The highest BCUT2D eigenvalue weighted by Gasteiger charge is 2.50. The zero-order valence-corrected chi connectivity index (χ0v) is 23.3. The van der Waals surface area contributed by atoms with Crippen molar-refractivity contribution in [2.24, 2.45) is 0 Å². The average molecular weight is 537 g/mol. The van der Waals surface area contributed by atoms with E-state index in [9.17, 15) is 19.5 Å². The normalized spacial score (nSPS) is 18.7. The summed E-state index contributed by atoms with van der Waals surface area (Å²) < 4.78 is -0.549. The number of benzene rings is 2. The number of nitrogens with zero attached hydrogens (tertiary/aromatic N) is 1. The highest BCUT2D eigenvalue weighted by molar-refractivity contribution is 8.00. The number of carbonyl (C=O) groups excluding carboxylic acids is 3. The van der Waals surface area contributed by atoms with E-state index in [2.05, 4.69) is 15.6 Å². The zero-order valence-electron chi connectivity index (χ0n) is 22.4. The summed E-state index contributed by atoms with van der Waals surface area (Å²) in [5.74, 6) is -0.977. The molecule has 3 amide bonds. The van der Waals surface area contributed by atoms with E-state index >= 15 is 0 Å². The van der Waals surface area contributed by atoms with Gasteiger partial charge in [0.25, 0.3) is 11.8 Å². The second-order valence-electron chi connectivity index (χ2n) is 11.3. The number of fused-ring (bicyclic) bond motifs is 1. The van der Waals surface area contributed by atoms with E-state index in [-0.39, 0.29) is 24.1 Å². The van der Waals surface area contributed by atoms with Crippen LogP contribution in [-0.2, 0) is 16.0 Å². The molecule has 3 aromatic rings. The van der Waals surface area contributed by atoms with Crippen molar-refractivity contribution >= 4 is 40.4 Å². The van der Waals surface area contributed by atoms with Crippen molar-refractivity contribution in [3.63, 3.8) is 0 Å². The van der Waals surface area contributed by atoms with Crippen molar-refractivity contribution in [2.75, 3.05) is 5.88 Å². The Bertz CT molecular complexity index is 1310. The van der Waals surface area contributed by atoms with Crippen LogP contribution in [0.15, 0.2) is 60.8 Å². The molecule has 0 aliphatic carbocycles. The molecule has 8 nitrogen and oxygen atoms in total. The average Bonchev–Trinajstić information content (AvgIpc) is 3.45. The summed E-state index contributed by atoms with van der Waals surface area (Å²) in [6.45, 7) is 9.50. The molecule has 0 unspecified atom stereocenters. The van der Waals surface area contributed by atoms with Crippen molar-refractivity contribution in [2.45, 2.75) is 69.5 Å². The van der Waals surface area contributed by atoms with E-state index in [0.717, 1.165) is 16.5 Å². The van der Waals surface area contributed by atoms with Gasteiger partial charge in [-0.1, -0.05) is 36.4 Å². The molecule has 1 aromatic heterocycles. The molecule has 1 aliphatic heterocycles. The number of aliphatic hydroxyl groups is 1. The second kappa shape index (κ2) is 10.8. The first-order chi connectivity index (χ1) is 17.9. The number of hydrogen-bond donors (Lipinski definition) is 4. The molecule has 202 valence electrons. The van der Waals surface area contributed by atoms with Gasteiger partial charge in [0, 0.05) is 32.9 Å². The van der Waals surface area contributed by atoms with Crippen LogP contribution in [0.4, 0.5) is 0 Å². The van der Waals surface area contributed by atoms with Crippen molar-refractivity contribution in [1.29, 1.82) is 0 Å². The van der Waals surface area contributed by atoms with Gasteiger partial charge < -0.3 is 25.6 Å². The number of hydrogen-bond acceptors (Lipinski definition) is 5. The lowest BCUT2D eigenvalue weighted by molar-refractivity contribution is -0.147. The number of thioether (sulfide) groups is 1. The van der Waals surface area contributed by atoms with Gasteiger partial charge in [-0.25, -0.2) is 0 Å². The van der Waals surface area contributed by atoms with Crippen LogP contribution in [0, 0.1) is 0 Å². The van der Waals surface area contributed by atoms with Crippen LogP contribution >= 0.6 is 11.8 Å². The van der Waals surface area contributed by atoms with Crippen LogP contribution in [0.5, 0.6) is 0 Å². The molecular weight excluding hydrogens is 500 g/mol. The minimum absolute atomic E-state index is 0.242. The molecule has 1 fully saturated rings. The molecular formula is C29H36N4O4S. The predicted molar refractivity (Wildman–Crippen MR) is 151 cm³/mol. The third-order valence-corrected chi connectivity index (χ3v) is 8.04. The van der Waals surface area contributed by atoms with Gasteiger partial charge in [0.05, 0.1) is 11.9 Å². The summed E-state index contributed by atoms with van der Waals surface area (Å²) in [6.07, 6.45) is 0.451. The largest absolute Gasteiger partial charge is 0.381 e. The smallest absolute Gasteiger partial charge is 0.254 e. The maximum absolute atomic E-state index is 13.8. The summed E-state index contributed by atoms with van der Waals surface area (Å²) in [7, 11) is 0. The van der Waals surface area contributed by atoms with E-state index in [1.165, 1.54) is 16.7 Å². The summed E-state index contributed by atoms with van der Waals surface area (Å²) in [4.78, 5) is 45.0. The minimum atomic E-state index is -1.55. The van der Waals surface area contributed by atoms with Crippen LogP contribution in [-0.4, -0.2) is 67.1 Å². The number of aromatic nitrogens is 1. The molecule has 1 saturated heterocycles. The fourth-order valence-electron chi connectivity index (χ4n) is 4.83. The van der Waals surface area contributed by atoms with Crippen LogP contribution in [0.2, 0.25) is 0 Å². The minimum Gasteiger partial charge on any atom is -0.381 e. The van der Waals surface area contributed by atoms with E-state index < -0.39 is 34.4 Å². The van der Waals surface area contributed by atoms with E-state index in [1.54, 1.807) is 18.3 Å². The van der Waals surface area contributed by atoms with Crippen LogP contribution < -0.4 is 10.6 Å². The first-order valence-corrected chi connectivity index (χ1v) is 13.7. The Morgan fingerprint density at radius 2 is 1.82 bits per heavy atom.